The van der Waals surface area contributed by atoms with Crippen LogP contribution in [0.4, 0.5) is 0 Å². The number of rotatable bonds is 4. The molecule has 1 atom stereocenters. The van der Waals surface area contributed by atoms with Gasteiger partial charge in [-0.05, 0) is 45.1 Å². The molecule has 2 aromatic rings. The number of aromatic nitrogens is 4. The van der Waals surface area contributed by atoms with Gasteiger partial charge in [0.25, 0.3) is 11.9 Å². The van der Waals surface area contributed by atoms with Crippen molar-refractivity contribution in [3.05, 3.63) is 34.9 Å². The highest BCUT2D eigenvalue weighted by molar-refractivity contribution is 5.95. The number of hydrogen-bond acceptors (Lipinski definition) is 6. The van der Waals surface area contributed by atoms with Crippen LogP contribution in [0.15, 0.2) is 12.3 Å². The molecule has 168 valence electrons. The van der Waals surface area contributed by atoms with Gasteiger partial charge < -0.3 is 9.64 Å². The number of morpholine rings is 1. The van der Waals surface area contributed by atoms with Crippen LogP contribution in [0.2, 0.25) is 0 Å². The molecule has 31 heavy (non-hydrogen) atoms. The van der Waals surface area contributed by atoms with Gasteiger partial charge in [0, 0.05) is 49.8 Å². The summed E-state index contributed by atoms with van der Waals surface area (Å²) in [6.07, 6.45) is 4.99. The van der Waals surface area contributed by atoms with E-state index in [2.05, 4.69) is 28.7 Å². The number of nitrogens with zero attached hydrogens (tertiary/aromatic N) is 6. The molecule has 0 spiro atoms. The largest absolute Gasteiger partial charge is 0.379 e. The normalized spacial score (nSPS) is 20.8. The minimum absolute atomic E-state index is 0.0713. The van der Waals surface area contributed by atoms with Gasteiger partial charge in [0.2, 0.25) is 0 Å². The lowest BCUT2D eigenvalue weighted by Gasteiger charge is -2.34. The maximum Gasteiger partial charge on any atom is 0.257 e. The van der Waals surface area contributed by atoms with Crippen LogP contribution in [0, 0.1) is 13.8 Å². The predicted molar refractivity (Wildman–Crippen MR) is 119 cm³/mol. The van der Waals surface area contributed by atoms with Crippen LogP contribution in [0.1, 0.15) is 66.5 Å². The average molecular weight is 427 g/mol. The van der Waals surface area contributed by atoms with Gasteiger partial charge in [0.15, 0.2) is 0 Å². The van der Waals surface area contributed by atoms with Crippen molar-refractivity contribution >= 4 is 5.91 Å². The summed E-state index contributed by atoms with van der Waals surface area (Å²) in [4.78, 5) is 27.1. The second-order valence-electron chi connectivity index (χ2n) is 9.00. The standard InChI is InChI=1S/C23H34N6O2/c1-16(2)21-20(15-29(26-21)23-24-17(3)14-18(4)25-23)22(30)28-8-5-6-19(7-9-28)27-10-12-31-13-11-27/h14-16,19H,5-13H2,1-4H3. The molecule has 0 bridgehead atoms. The zero-order valence-electron chi connectivity index (χ0n) is 19.2. The molecule has 4 rings (SSSR count). The van der Waals surface area contributed by atoms with Crippen molar-refractivity contribution < 1.29 is 9.53 Å². The fourth-order valence-corrected chi connectivity index (χ4v) is 4.65. The SMILES string of the molecule is Cc1cc(C)nc(-n2cc(C(=O)N3CCCC(N4CCOCC4)CC3)c(C(C)C)n2)n1. The molecular weight excluding hydrogens is 392 g/mol. The molecule has 1 unspecified atom stereocenters. The Kier molecular flexibility index (Phi) is 6.67. The molecule has 0 N–H and O–H groups in total. The van der Waals surface area contributed by atoms with Gasteiger partial charge in [0.05, 0.1) is 24.5 Å². The van der Waals surface area contributed by atoms with E-state index in [-0.39, 0.29) is 11.8 Å². The Hall–Kier alpha value is -2.32. The lowest BCUT2D eigenvalue weighted by atomic mass is 10.1. The van der Waals surface area contributed by atoms with Gasteiger partial charge in [0.1, 0.15) is 0 Å². The second kappa shape index (κ2) is 9.44. The summed E-state index contributed by atoms with van der Waals surface area (Å²) in [5.74, 6) is 0.725. The molecule has 0 saturated carbocycles. The Morgan fingerprint density at radius 3 is 2.45 bits per heavy atom. The van der Waals surface area contributed by atoms with Crippen LogP contribution in [-0.4, -0.2) is 80.9 Å². The Bertz CT molecular complexity index is 899. The van der Waals surface area contributed by atoms with Crippen molar-refractivity contribution in [2.75, 3.05) is 39.4 Å². The van der Waals surface area contributed by atoms with E-state index in [9.17, 15) is 4.79 Å². The minimum atomic E-state index is 0.0713. The molecular formula is C23H34N6O2. The van der Waals surface area contributed by atoms with Crippen molar-refractivity contribution in [2.24, 2.45) is 0 Å². The Morgan fingerprint density at radius 2 is 1.77 bits per heavy atom. The molecule has 2 aromatic heterocycles. The zero-order chi connectivity index (χ0) is 22.0. The second-order valence-corrected chi connectivity index (χ2v) is 9.00. The highest BCUT2D eigenvalue weighted by Crippen LogP contribution is 2.24. The number of carbonyl (C=O) groups is 1. The fourth-order valence-electron chi connectivity index (χ4n) is 4.65. The van der Waals surface area contributed by atoms with Crippen molar-refractivity contribution in [3.63, 3.8) is 0 Å². The molecule has 0 radical (unpaired) electrons. The first-order valence-corrected chi connectivity index (χ1v) is 11.5. The predicted octanol–water partition coefficient (Wildman–Crippen LogP) is 2.73. The third-order valence-electron chi connectivity index (χ3n) is 6.24. The van der Waals surface area contributed by atoms with Gasteiger partial charge in [-0.15, -0.1) is 0 Å². The molecule has 2 saturated heterocycles. The molecule has 2 aliphatic rings. The number of amides is 1. The van der Waals surface area contributed by atoms with E-state index in [1.54, 1.807) is 4.68 Å². The first-order chi connectivity index (χ1) is 14.9. The Balaban J connectivity index is 1.54. The number of carbonyl (C=O) groups excluding carboxylic acids is 1. The van der Waals surface area contributed by atoms with Crippen LogP contribution >= 0.6 is 0 Å². The van der Waals surface area contributed by atoms with Crippen LogP contribution in [0.25, 0.3) is 5.95 Å². The molecule has 8 nitrogen and oxygen atoms in total. The van der Waals surface area contributed by atoms with E-state index < -0.39 is 0 Å². The van der Waals surface area contributed by atoms with Gasteiger partial charge in [-0.2, -0.15) is 5.10 Å². The highest BCUT2D eigenvalue weighted by atomic mass is 16.5. The summed E-state index contributed by atoms with van der Waals surface area (Å²) in [6, 6.07) is 2.47. The minimum Gasteiger partial charge on any atom is -0.379 e. The number of hydrogen-bond donors (Lipinski definition) is 0. The van der Waals surface area contributed by atoms with Crippen LogP contribution in [-0.2, 0) is 4.74 Å². The van der Waals surface area contributed by atoms with Gasteiger partial charge >= 0.3 is 0 Å². The van der Waals surface area contributed by atoms with E-state index in [1.807, 2.05) is 31.0 Å². The smallest absolute Gasteiger partial charge is 0.257 e. The van der Waals surface area contributed by atoms with E-state index in [0.717, 1.165) is 75.7 Å². The number of likely N-dealkylation sites (tertiary alicyclic amines) is 1. The van der Waals surface area contributed by atoms with Crippen molar-refractivity contribution in [1.82, 2.24) is 29.5 Å². The number of ether oxygens (including phenoxy) is 1. The Morgan fingerprint density at radius 1 is 1.06 bits per heavy atom. The van der Waals surface area contributed by atoms with Crippen molar-refractivity contribution in [3.8, 4) is 5.95 Å². The fraction of sp³-hybridized carbons (Fsp3) is 0.652. The molecule has 8 heteroatoms. The first-order valence-electron chi connectivity index (χ1n) is 11.5. The summed E-state index contributed by atoms with van der Waals surface area (Å²) < 4.78 is 7.17. The van der Waals surface area contributed by atoms with E-state index in [0.29, 0.717) is 17.6 Å². The van der Waals surface area contributed by atoms with Gasteiger partial charge in [-0.3, -0.25) is 9.69 Å². The molecule has 4 heterocycles. The third-order valence-corrected chi connectivity index (χ3v) is 6.24. The van der Waals surface area contributed by atoms with Crippen LogP contribution in [0.3, 0.4) is 0 Å². The van der Waals surface area contributed by atoms with Gasteiger partial charge in [-0.1, -0.05) is 13.8 Å². The van der Waals surface area contributed by atoms with E-state index in [1.165, 1.54) is 0 Å². The lowest BCUT2D eigenvalue weighted by Crippen LogP contribution is -2.44. The average Bonchev–Trinajstić information content (AvgIpc) is 3.05. The van der Waals surface area contributed by atoms with E-state index in [4.69, 9.17) is 9.84 Å². The van der Waals surface area contributed by atoms with Crippen LogP contribution in [0.5, 0.6) is 0 Å². The molecule has 2 aliphatic heterocycles. The quantitative estimate of drug-likeness (QED) is 0.748. The molecule has 2 fully saturated rings. The topological polar surface area (TPSA) is 76.4 Å². The summed E-state index contributed by atoms with van der Waals surface area (Å²) in [7, 11) is 0. The van der Waals surface area contributed by atoms with Gasteiger partial charge in [-0.25, -0.2) is 14.6 Å². The molecule has 0 aromatic carbocycles. The van der Waals surface area contributed by atoms with Crippen molar-refractivity contribution in [1.29, 1.82) is 0 Å². The molecule has 0 aliphatic carbocycles. The Labute approximate surface area is 184 Å². The van der Waals surface area contributed by atoms with Crippen molar-refractivity contribution in [2.45, 2.75) is 58.9 Å². The first kappa shape index (κ1) is 21.9. The molecule has 1 amide bonds. The summed E-state index contributed by atoms with van der Waals surface area (Å²) in [6.45, 7) is 13.2. The highest BCUT2D eigenvalue weighted by Gasteiger charge is 2.29. The van der Waals surface area contributed by atoms with Crippen LogP contribution < -0.4 is 0 Å². The summed E-state index contributed by atoms with van der Waals surface area (Å²) in [5, 5.41) is 4.71. The number of aryl methyl sites for hydroxylation is 2. The third kappa shape index (κ3) is 4.96. The maximum absolute atomic E-state index is 13.5. The summed E-state index contributed by atoms with van der Waals surface area (Å²) in [5.41, 5.74) is 3.25. The summed E-state index contributed by atoms with van der Waals surface area (Å²) >= 11 is 0. The lowest BCUT2D eigenvalue weighted by molar-refractivity contribution is 0.0135. The zero-order valence-corrected chi connectivity index (χ0v) is 19.2. The maximum atomic E-state index is 13.5. The van der Waals surface area contributed by atoms with E-state index >= 15 is 0 Å². The monoisotopic (exact) mass is 426 g/mol.